The Balaban J connectivity index is 1.76. The average molecular weight is 361 g/mol. The molecule has 1 fully saturated rings. The van der Waals surface area contributed by atoms with Crippen molar-refractivity contribution in [1.82, 2.24) is 9.97 Å². The van der Waals surface area contributed by atoms with E-state index in [1.54, 1.807) is 0 Å². The highest BCUT2D eigenvalue weighted by molar-refractivity contribution is 8.00. The number of nitrogens with zero attached hydrogens (tertiary/aromatic N) is 4. The minimum absolute atomic E-state index is 0.255. The van der Waals surface area contributed by atoms with Crippen LogP contribution in [0.2, 0.25) is 5.15 Å². The summed E-state index contributed by atoms with van der Waals surface area (Å²) < 4.78 is 0. The minimum atomic E-state index is -0.398. The largest absolute Gasteiger partial charge is 0.335 e. The van der Waals surface area contributed by atoms with E-state index in [0.717, 1.165) is 41.9 Å². The molecule has 0 aliphatic carbocycles. The van der Waals surface area contributed by atoms with Crippen molar-refractivity contribution in [1.29, 1.82) is 0 Å². The molecule has 2 aliphatic rings. The molecule has 0 spiro atoms. The quantitative estimate of drug-likeness (QED) is 0.615. The van der Waals surface area contributed by atoms with Crippen molar-refractivity contribution >= 4 is 41.2 Å². The van der Waals surface area contributed by atoms with Crippen molar-refractivity contribution < 1.29 is 4.79 Å². The average Bonchev–Trinajstić information content (AvgIpc) is 3.22. The van der Waals surface area contributed by atoms with Gasteiger partial charge in [0, 0.05) is 6.54 Å². The van der Waals surface area contributed by atoms with E-state index in [1.807, 2.05) is 47.0 Å². The van der Waals surface area contributed by atoms with Crippen LogP contribution in [0, 0.1) is 0 Å². The number of halogens is 1. The molecular formula is C17H17ClN4OS. The number of hydrogen-bond acceptors (Lipinski definition) is 6. The summed E-state index contributed by atoms with van der Waals surface area (Å²) in [5.74, 6) is 1.88. The molecule has 2 aliphatic heterocycles. The van der Waals surface area contributed by atoms with Crippen LogP contribution in [0.3, 0.4) is 0 Å². The molecule has 7 heteroatoms. The topological polar surface area (TPSA) is 49.3 Å². The van der Waals surface area contributed by atoms with Crippen LogP contribution in [0.4, 0.5) is 11.5 Å². The lowest BCUT2D eigenvalue weighted by atomic mass is 10.2. The summed E-state index contributed by atoms with van der Waals surface area (Å²) >= 11 is 8.26. The van der Waals surface area contributed by atoms with Gasteiger partial charge in [-0.05, 0) is 24.2 Å². The summed E-state index contributed by atoms with van der Waals surface area (Å²) in [6.45, 7) is 0.595. The van der Waals surface area contributed by atoms with Crippen LogP contribution in [0.5, 0.6) is 0 Å². The van der Waals surface area contributed by atoms with E-state index in [2.05, 4.69) is 14.9 Å². The normalized spacial score (nSPS) is 22.7. The second kappa shape index (κ2) is 6.61. The van der Waals surface area contributed by atoms with Gasteiger partial charge in [-0.1, -0.05) is 41.9 Å². The lowest BCUT2D eigenvalue weighted by molar-refractivity contribution is -0.108. The lowest BCUT2D eigenvalue weighted by Gasteiger charge is -2.32. The van der Waals surface area contributed by atoms with Gasteiger partial charge in [0.1, 0.15) is 12.0 Å². The third kappa shape index (κ3) is 2.63. The maximum absolute atomic E-state index is 12.0. The molecule has 0 amide bonds. The fourth-order valence-corrected chi connectivity index (χ4v) is 4.93. The maximum Gasteiger partial charge on any atom is 0.163 e. The van der Waals surface area contributed by atoms with E-state index in [4.69, 9.17) is 11.6 Å². The predicted octanol–water partition coefficient (Wildman–Crippen LogP) is 3.33. The molecule has 2 unspecified atom stereocenters. The van der Waals surface area contributed by atoms with Gasteiger partial charge in [-0.3, -0.25) is 4.79 Å². The van der Waals surface area contributed by atoms with E-state index < -0.39 is 6.17 Å². The Morgan fingerprint density at radius 2 is 2.12 bits per heavy atom. The zero-order valence-corrected chi connectivity index (χ0v) is 14.6. The molecule has 1 saturated heterocycles. The fraction of sp³-hybridized carbons (Fsp3) is 0.353. The van der Waals surface area contributed by atoms with Crippen molar-refractivity contribution in [3.8, 4) is 0 Å². The van der Waals surface area contributed by atoms with Crippen LogP contribution in [-0.2, 0) is 11.3 Å². The van der Waals surface area contributed by atoms with Crippen LogP contribution in [0.15, 0.2) is 36.7 Å². The highest BCUT2D eigenvalue weighted by atomic mass is 35.5. The summed E-state index contributed by atoms with van der Waals surface area (Å²) in [6, 6.07) is 10.1. The van der Waals surface area contributed by atoms with Gasteiger partial charge in [0.2, 0.25) is 0 Å². The molecule has 2 atom stereocenters. The van der Waals surface area contributed by atoms with Crippen molar-refractivity contribution in [2.75, 3.05) is 15.6 Å². The van der Waals surface area contributed by atoms with Crippen molar-refractivity contribution in [3.63, 3.8) is 0 Å². The van der Waals surface area contributed by atoms with Crippen LogP contribution in [0.1, 0.15) is 18.4 Å². The number of carbonyl (C=O) groups is 1. The van der Waals surface area contributed by atoms with E-state index in [-0.39, 0.29) is 5.37 Å². The summed E-state index contributed by atoms with van der Waals surface area (Å²) in [5, 5.41) is 0.652. The fourth-order valence-electron chi connectivity index (χ4n) is 3.37. The molecule has 124 valence electrons. The van der Waals surface area contributed by atoms with Crippen LogP contribution >= 0.6 is 23.4 Å². The van der Waals surface area contributed by atoms with Gasteiger partial charge in [0.15, 0.2) is 23.4 Å². The standard InChI is InChI=1S/C17H17ClN4OS/c18-16-15-17(20-11-19-16)22(14-7-4-8-24-14)13(10-23)21(15)9-12-5-2-1-3-6-12/h1-3,5-6,10-11,13-14H,4,7-9H2. The summed E-state index contributed by atoms with van der Waals surface area (Å²) in [4.78, 5) is 24.7. The molecule has 4 rings (SSSR count). The van der Waals surface area contributed by atoms with Gasteiger partial charge in [0.25, 0.3) is 0 Å². The lowest BCUT2D eigenvalue weighted by Crippen LogP contribution is -2.47. The van der Waals surface area contributed by atoms with Gasteiger partial charge >= 0.3 is 0 Å². The minimum Gasteiger partial charge on any atom is -0.335 e. The number of carbonyl (C=O) groups excluding carboxylic acids is 1. The zero-order chi connectivity index (χ0) is 16.5. The number of fused-ring (bicyclic) bond motifs is 1. The first-order valence-electron chi connectivity index (χ1n) is 7.96. The van der Waals surface area contributed by atoms with Crippen LogP contribution in [0.25, 0.3) is 0 Å². The number of aromatic nitrogens is 2. The Hall–Kier alpha value is -1.79. The Kier molecular flexibility index (Phi) is 4.33. The molecule has 1 aromatic heterocycles. The summed E-state index contributed by atoms with van der Waals surface area (Å²) in [5.41, 5.74) is 1.88. The Morgan fingerprint density at radius 3 is 2.83 bits per heavy atom. The molecule has 2 aromatic rings. The third-order valence-electron chi connectivity index (χ3n) is 4.43. The summed E-state index contributed by atoms with van der Waals surface area (Å²) in [7, 11) is 0. The molecule has 24 heavy (non-hydrogen) atoms. The van der Waals surface area contributed by atoms with Crippen molar-refractivity contribution in [2.45, 2.75) is 30.9 Å². The molecule has 0 saturated carbocycles. The molecule has 5 nitrogen and oxygen atoms in total. The Labute approximate surface area is 150 Å². The second-order valence-corrected chi connectivity index (χ2v) is 7.52. The van der Waals surface area contributed by atoms with Gasteiger partial charge in [-0.2, -0.15) is 0 Å². The monoisotopic (exact) mass is 360 g/mol. The number of thioether (sulfide) groups is 1. The van der Waals surface area contributed by atoms with E-state index in [9.17, 15) is 4.79 Å². The van der Waals surface area contributed by atoms with E-state index >= 15 is 0 Å². The molecule has 0 bridgehead atoms. The first-order chi connectivity index (χ1) is 11.8. The number of benzene rings is 1. The highest BCUT2D eigenvalue weighted by Crippen LogP contribution is 2.46. The summed E-state index contributed by atoms with van der Waals surface area (Å²) in [6.07, 6.45) is 4.27. The maximum atomic E-state index is 12.0. The SMILES string of the molecule is O=CC1N(Cc2ccccc2)c2c(Cl)ncnc2N1C1CCCS1. The molecular weight excluding hydrogens is 344 g/mol. The first-order valence-corrected chi connectivity index (χ1v) is 9.38. The zero-order valence-electron chi connectivity index (χ0n) is 13.0. The van der Waals surface area contributed by atoms with Gasteiger partial charge < -0.3 is 9.80 Å². The molecule has 0 N–H and O–H groups in total. The number of aldehydes is 1. The van der Waals surface area contributed by atoms with E-state index in [0.29, 0.717) is 11.7 Å². The second-order valence-electron chi connectivity index (χ2n) is 5.87. The predicted molar refractivity (Wildman–Crippen MR) is 97.5 cm³/mol. The number of rotatable bonds is 4. The van der Waals surface area contributed by atoms with Crippen molar-refractivity contribution in [2.24, 2.45) is 0 Å². The van der Waals surface area contributed by atoms with Crippen molar-refractivity contribution in [3.05, 3.63) is 47.4 Å². The Bertz CT molecular complexity index is 739. The van der Waals surface area contributed by atoms with Crippen LogP contribution in [-0.4, -0.2) is 33.5 Å². The molecule has 1 aromatic carbocycles. The number of hydrogen-bond donors (Lipinski definition) is 0. The molecule has 3 heterocycles. The van der Waals surface area contributed by atoms with Gasteiger partial charge in [-0.15, -0.1) is 11.8 Å². The van der Waals surface area contributed by atoms with Gasteiger partial charge in [-0.25, -0.2) is 9.97 Å². The molecule has 0 radical (unpaired) electrons. The smallest absolute Gasteiger partial charge is 0.163 e. The first kappa shape index (κ1) is 15.7. The third-order valence-corrected chi connectivity index (χ3v) is 6.08. The number of anilines is 2. The van der Waals surface area contributed by atoms with Crippen LogP contribution < -0.4 is 9.80 Å². The van der Waals surface area contributed by atoms with E-state index in [1.165, 1.54) is 6.33 Å². The van der Waals surface area contributed by atoms with Gasteiger partial charge in [0.05, 0.1) is 5.37 Å². The Morgan fingerprint density at radius 1 is 1.29 bits per heavy atom. The highest BCUT2D eigenvalue weighted by Gasteiger charge is 2.43.